The van der Waals surface area contributed by atoms with Gasteiger partial charge in [-0.2, -0.15) is 0 Å². The lowest BCUT2D eigenvalue weighted by Crippen LogP contribution is -2.38. The number of nitrogens with one attached hydrogen (secondary N) is 1. The van der Waals surface area contributed by atoms with Crippen LogP contribution in [-0.2, 0) is 4.79 Å². The topological polar surface area (TPSA) is 59.8 Å². The molecule has 3 rings (SSSR count). The number of thioether (sulfide) groups is 1. The van der Waals surface area contributed by atoms with Crippen LogP contribution in [-0.4, -0.2) is 32.5 Å². The molecule has 0 spiro atoms. The summed E-state index contributed by atoms with van der Waals surface area (Å²) in [7, 11) is 0. The largest absolute Gasteiger partial charge is 0.353 e. The molecule has 1 fully saturated rings. The highest BCUT2D eigenvalue weighted by Gasteiger charge is 2.20. The van der Waals surface area contributed by atoms with E-state index in [-0.39, 0.29) is 5.91 Å². The number of aryl methyl sites for hydroxylation is 2. The summed E-state index contributed by atoms with van der Waals surface area (Å²) in [4.78, 5) is 12.3. The Morgan fingerprint density at radius 1 is 1.16 bits per heavy atom. The van der Waals surface area contributed by atoms with Crippen LogP contribution in [0.3, 0.4) is 0 Å². The van der Waals surface area contributed by atoms with E-state index >= 15 is 0 Å². The highest BCUT2D eigenvalue weighted by Crippen LogP contribution is 2.24. The van der Waals surface area contributed by atoms with Gasteiger partial charge in [-0.3, -0.25) is 9.36 Å². The van der Waals surface area contributed by atoms with Gasteiger partial charge in [-0.15, -0.1) is 10.2 Å². The Kier molecular flexibility index (Phi) is 5.78. The van der Waals surface area contributed by atoms with Gasteiger partial charge in [-0.1, -0.05) is 36.4 Å². The molecule has 1 aliphatic rings. The predicted molar refractivity (Wildman–Crippen MR) is 101 cm³/mol. The third kappa shape index (κ3) is 4.63. The van der Waals surface area contributed by atoms with Crippen molar-refractivity contribution in [2.75, 3.05) is 5.75 Å². The van der Waals surface area contributed by atoms with Gasteiger partial charge >= 0.3 is 0 Å². The number of hydrogen-bond donors (Lipinski definition) is 1. The lowest BCUT2D eigenvalue weighted by molar-refractivity contribution is -0.119. The molecule has 1 saturated carbocycles. The summed E-state index contributed by atoms with van der Waals surface area (Å²) in [6.45, 7) is 6.28. The van der Waals surface area contributed by atoms with E-state index in [1.54, 1.807) is 0 Å². The van der Waals surface area contributed by atoms with Crippen molar-refractivity contribution in [2.45, 2.75) is 57.7 Å². The van der Waals surface area contributed by atoms with Crippen LogP contribution < -0.4 is 5.32 Å². The van der Waals surface area contributed by atoms with E-state index in [0.717, 1.165) is 35.4 Å². The molecule has 0 atom stereocenters. The number of carbonyl (C=O) groups is 1. The van der Waals surface area contributed by atoms with Gasteiger partial charge in [0.25, 0.3) is 0 Å². The summed E-state index contributed by atoms with van der Waals surface area (Å²) in [5.74, 6) is 2.07. The first-order valence-electron chi connectivity index (χ1n) is 8.94. The number of rotatable bonds is 5. The first-order chi connectivity index (χ1) is 12.0. The number of amides is 1. The van der Waals surface area contributed by atoms with E-state index < -0.39 is 0 Å². The first-order valence-corrected chi connectivity index (χ1v) is 9.92. The third-order valence-corrected chi connectivity index (χ3v) is 5.73. The number of benzene rings is 1. The molecule has 1 N–H and O–H groups in total. The SMILES string of the molecule is Cc1ccc(-n2c(C)nnc2SCC(=O)NC2CCC(C)CC2)cc1. The molecule has 134 valence electrons. The zero-order valence-corrected chi connectivity index (χ0v) is 16.0. The van der Waals surface area contributed by atoms with Crippen LogP contribution in [0, 0.1) is 19.8 Å². The molecule has 25 heavy (non-hydrogen) atoms. The van der Waals surface area contributed by atoms with Crippen LogP contribution >= 0.6 is 11.8 Å². The lowest BCUT2D eigenvalue weighted by Gasteiger charge is -2.26. The van der Waals surface area contributed by atoms with Gasteiger partial charge in [-0.05, 0) is 57.6 Å². The molecule has 1 aromatic carbocycles. The molecule has 0 unspecified atom stereocenters. The van der Waals surface area contributed by atoms with E-state index in [1.165, 1.54) is 30.2 Å². The Morgan fingerprint density at radius 3 is 2.52 bits per heavy atom. The maximum Gasteiger partial charge on any atom is 0.230 e. The smallest absolute Gasteiger partial charge is 0.230 e. The molecule has 1 aliphatic carbocycles. The zero-order valence-electron chi connectivity index (χ0n) is 15.2. The molecular weight excluding hydrogens is 332 g/mol. The Labute approximate surface area is 153 Å². The second-order valence-corrected chi connectivity index (χ2v) is 7.96. The highest BCUT2D eigenvalue weighted by atomic mass is 32.2. The van der Waals surface area contributed by atoms with Crippen LogP contribution in [0.1, 0.15) is 44.0 Å². The van der Waals surface area contributed by atoms with Crippen LogP contribution in [0.25, 0.3) is 5.69 Å². The first kappa shape index (κ1) is 18.0. The second kappa shape index (κ2) is 8.04. The van der Waals surface area contributed by atoms with Crippen molar-refractivity contribution in [1.82, 2.24) is 20.1 Å². The normalized spacial score (nSPS) is 20.4. The number of hydrogen-bond acceptors (Lipinski definition) is 4. The Hall–Kier alpha value is -1.82. The fraction of sp³-hybridized carbons (Fsp3) is 0.526. The van der Waals surface area contributed by atoms with Crippen molar-refractivity contribution in [3.8, 4) is 5.69 Å². The minimum Gasteiger partial charge on any atom is -0.353 e. The summed E-state index contributed by atoms with van der Waals surface area (Å²) in [5, 5.41) is 12.3. The van der Waals surface area contributed by atoms with Crippen molar-refractivity contribution in [2.24, 2.45) is 5.92 Å². The van der Waals surface area contributed by atoms with Gasteiger partial charge in [0.15, 0.2) is 5.16 Å². The molecule has 1 aromatic heterocycles. The average Bonchev–Trinajstić information content (AvgIpc) is 2.97. The van der Waals surface area contributed by atoms with E-state index in [4.69, 9.17) is 0 Å². The van der Waals surface area contributed by atoms with Crippen LogP contribution in [0.2, 0.25) is 0 Å². The number of carbonyl (C=O) groups excluding carboxylic acids is 1. The molecule has 1 heterocycles. The molecule has 0 saturated heterocycles. The second-order valence-electron chi connectivity index (χ2n) is 7.01. The Bertz CT molecular complexity index is 718. The van der Waals surface area contributed by atoms with Crippen molar-refractivity contribution >= 4 is 17.7 Å². The fourth-order valence-electron chi connectivity index (χ4n) is 3.23. The summed E-state index contributed by atoms with van der Waals surface area (Å²) in [5.41, 5.74) is 2.24. The predicted octanol–water partition coefficient (Wildman–Crippen LogP) is 3.67. The molecule has 5 nitrogen and oxygen atoms in total. The van der Waals surface area contributed by atoms with Gasteiger partial charge in [-0.25, -0.2) is 0 Å². The van der Waals surface area contributed by atoms with Gasteiger partial charge in [0.1, 0.15) is 5.82 Å². The maximum absolute atomic E-state index is 12.3. The highest BCUT2D eigenvalue weighted by molar-refractivity contribution is 7.99. The zero-order chi connectivity index (χ0) is 17.8. The summed E-state index contributed by atoms with van der Waals surface area (Å²) in [6, 6.07) is 8.58. The molecule has 0 aliphatic heterocycles. The lowest BCUT2D eigenvalue weighted by atomic mass is 9.87. The molecule has 1 amide bonds. The van der Waals surface area contributed by atoms with Crippen molar-refractivity contribution in [1.29, 1.82) is 0 Å². The monoisotopic (exact) mass is 358 g/mol. The molecule has 0 bridgehead atoms. The van der Waals surface area contributed by atoms with Gasteiger partial charge in [0.05, 0.1) is 5.75 Å². The standard InChI is InChI=1S/C19H26N4OS/c1-13-4-8-16(9-5-13)20-18(24)12-25-19-22-21-15(3)23(19)17-10-6-14(2)7-11-17/h6-7,10-11,13,16H,4-5,8-9,12H2,1-3H3,(H,20,24). The fourth-order valence-corrected chi connectivity index (χ4v) is 4.04. The van der Waals surface area contributed by atoms with E-state index in [1.807, 2.05) is 11.5 Å². The van der Waals surface area contributed by atoms with Crippen molar-refractivity contribution < 1.29 is 4.79 Å². The minimum absolute atomic E-state index is 0.0839. The molecule has 0 radical (unpaired) electrons. The quantitative estimate of drug-likeness (QED) is 0.829. The van der Waals surface area contributed by atoms with E-state index in [9.17, 15) is 4.79 Å². The minimum atomic E-state index is 0.0839. The van der Waals surface area contributed by atoms with E-state index in [2.05, 4.69) is 53.6 Å². The maximum atomic E-state index is 12.3. The number of nitrogens with zero attached hydrogens (tertiary/aromatic N) is 3. The van der Waals surface area contributed by atoms with Gasteiger partial charge < -0.3 is 5.32 Å². The van der Waals surface area contributed by atoms with Crippen molar-refractivity contribution in [3.05, 3.63) is 35.7 Å². The molecule has 2 aromatic rings. The third-order valence-electron chi connectivity index (χ3n) is 4.80. The summed E-state index contributed by atoms with van der Waals surface area (Å²) in [6.07, 6.45) is 4.60. The molecule has 6 heteroatoms. The van der Waals surface area contributed by atoms with Crippen LogP contribution in [0.15, 0.2) is 29.4 Å². The van der Waals surface area contributed by atoms with E-state index in [0.29, 0.717) is 11.8 Å². The number of aromatic nitrogens is 3. The molecular formula is C19H26N4OS. The van der Waals surface area contributed by atoms with Gasteiger partial charge in [0.2, 0.25) is 5.91 Å². The average molecular weight is 359 g/mol. The van der Waals surface area contributed by atoms with Crippen LogP contribution in [0.5, 0.6) is 0 Å². The summed E-state index contributed by atoms with van der Waals surface area (Å²) >= 11 is 1.44. The van der Waals surface area contributed by atoms with Crippen molar-refractivity contribution in [3.63, 3.8) is 0 Å². The summed E-state index contributed by atoms with van der Waals surface area (Å²) < 4.78 is 2.00. The van der Waals surface area contributed by atoms with Crippen LogP contribution in [0.4, 0.5) is 0 Å². The Morgan fingerprint density at radius 2 is 1.84 bits per heavy atom. The van der Waals surface area contributed by atoms with Gasteiger partial charge in [0, 0.05) is 11.7 Å². The Balaban J connectivity index is 1.60.